The Morgan fingerprint density at radius 2 is 1.56 bits per heavy atom. The van der Waals surface area contributed by atoms with Gasteiger partial charge in [-0.25, -0.2) is 4.39 Å². The highest BCUT2D eigenvalue weighted by molar-refractivity contribution is 6.34. The zero-order chi connectivity index (χ0) is 27.7. The summed E-state index contributed by atoms with van der Waals surface area (Å²) in [5, 5.41) is 6.44. The van der Waals surface area contributed by atoms with Gasteiger partial charge in [-0.3, -0.25) is 14.6 Å². The van der Waals surface area contributed by atoms with Crippen molar-refractivity contribution in [3.8, 4) is 23.0 Å². The predicted octanol–water partition coefficient (Wildman–Crippen LogP) is 6.50. The van der Waals surface area contributed by atoms with Crippen molar-refractivity contribution in [3.05, 3.63) is 77.2 Å². The smallest absolute Gasteiger partial charge is 0.240 e. The molecule has 0 saturated heterocycles. The zero-order valence-corrected chi connectivity index (χ0v) is 22.2. The van der Waals surface area contributed by atoms with Crippen molar-refractivity contribution in [2.24, 2.45) is 5.41 Å². The molecule has 2 N–H and O–H groups in total. The first-order chi connectivity index (χ1) is 18.7. The highest BCUT2D eigenvalue weighted by atomic mass is 35.5. The number of anilines is 2. The Hall–Kier alpha value is -4.37. The molecule has 1 aromatic heterocycles. The molecule has 5 rings (SSSR count). The van der Waals surface area contributed by atoms with E-state index < -0.39 is 23.0 Å². The Labute approximate surface area is 229 Å². The molecule has 1 heterocycles. The zero-order valence-electron chi connectivity index (χ0n) is 21.4. The van der Waals surface area contributed by atoms with Crippen LogP contribution in [0, 0.1) is 18.2 Å². The summed E-state index contributed by atoms with van der Waals surface area (Å²) >= 11 is 6.53. The van der Waals surface area contributed by atoms with Gasteiger partial charge in [-0.15, -0.1) is 0 Å². The van der Waals surface area contributed by atoms with E-state index in [0.717, 1.165) is 0 Å². The molecule has 0 unspecified atom stereocenters. The minimum absolute atomic E-state index is 0.247. The summed E-state index contributed by atoms with van der Waals surface area (Å²) in [7, 11) is 3.11. The molecule has 10 heteroatoms. The van der Waals surface area contributed by atoms with Crippen LogP contribution >= 0.6 is 11.6 Å². The summed E-state index contributed by atoms with van der Waals surface area (Å²) < 4.78 is 30.2. The number of ether oxygens (including phenoxy) is 3. The Kier molecular flexibility index (Phi) is 7.01. The number of methoxy groups -OCH3 is 2. The first-order valence-electron chi connectivity index (χ1n) is 12.1. The Morgan fingerprint density at radius 3 is 2.23 bits per heavy atom. The van der Waals surface area contributed by atoms with Crippen LogP contribution < -0.4 is 24.8 Å². The van der Waals surface area contributed by atoms with Crippen molar-refractivity contribution in [2.45, 2.75) is 19.8 Å². The molecule has 0 radical (unpaired) electrons. The van der Waals surface area contributed by atoms with Crippen LogP contribution in [-0.2, 0) is 9.59 Å². The Bertz CT molecular complexity index is 1590. The van der Waals surface area contributed by atoms with Crippen LogP contribution in [0.2, 0.25) is 5.02 Å². The number of hydrogen-bond acceptors (Lipinski definition) is 6. The minimum Gasteiger partial charge on any atom is -0.493 e. The number of benzene rings is 3. The number of nitrogens with zero attached hydrogens (tertiary/aromatic N) is 1. The quantitative estimate of drug-likeness (QED) is 0.243. The SMILES string of the molecule is COc1cc2nccc(Oc3cc(Cl)c(NC(=O)C4(C(=O)Nc5ccc(F)cc5)CC4)cc3C)c2cc1OC. The van der Waals surface area contributed by atoms with E-state index in [0.29, 0.717) is 63.7 Å². The number of halogens is 2. The van der Waals surface area contributed by atoms with E-state index >= 15 is 0 Å². The van der Waals surface area contributed by atoms with E-state index in [1.807, 2.05) is 6.92 Å². The summed E-state index contributed by atoms with van der Waals surface area (Å²) in [5.74, 6) is 0.777. The number of carbonyl (C=O) groups excluding carboxylic acids is 2. The molecule has 4 aromatic rings. The van der Waals surface area contributed by atoms with Crippen molar-refractivity contribution >= 4 is 45.7 Å². The maximum Gasteiger partial charge on any atom is 0.240 e. The van der Waals surface area contributed by atoms with Crippen LogP contribution in [0.1, 0.15) is 18.4 Å². The van der Waals surface area contributed by atoms with Crippen molar-refractivity contribution in [3.63, 3.8) is 0 Å². The van der Waals surface area contributed by atoms with Gasteiger partial charge in [-0.2, -0.15) is 0 Å². The average Bonchev–Trinajstić information content (AvgIpc) is 3.74. The molecular weight excluding hydrogens is 525 g/mol. The second-order valence-corrected chi connectivity index (χ2v) is 9.64. The van der Waals surface area contributed by atoms with Crippen molar-refractivity contribution < 1.29 is 28.2 Å². The van der Waals surface area contributed by atoms with Crippen LogP contribution in [-0.4, -0.2) is 31.0 Å². The van der Waals surface area contributed by atoms with E-state index in [1.165, 1.54) is 24.3 Å². The largest absolute Gasteiger partial charge is 0.493 e. The monoisotopic (exact) mass is 549 g/mol. The number of carbonyl (C=O) groups is 2. The van der Waals surface area contributed by atoms with Crippen molar-refractivity contribution in [1.82, 2.24) is 4.98 Å². The molecular formula is C29H25ClFN3O5. The molecule has 0 spiro atoms. The van der Waals surface area contributed by atoms with Gasteiger partial charge < -0.3 is 24.8 Å². The summed E-state index contributed by atoms with van der Waals surface area (Å²) in [6, 6.07) is 13.9. The summed E-state index contributed by atoms with van der Waals surface area (Å²) in [5.41, 5.74) is 0.928. The van der Waals surface area contributed by atoms with Gasteiger partial charge in [0.15, 0.2) is 11.5 Å². The standard InChI is InChI=1S/C29H25ClFN3O5/c1-16-12-22(34-28(36)29(9-10-29)27(35)33-18-6-4-17(31)5-7-18)20(30)14-24(16)39-23-8-11-32-21-15-26(38-3)25(37-2)13-19(21)23/h4-8,11-15H,9-10H2,1-3H3,(H,33,35)(H,34,36). The fraction of sp³-hybridized carbons (Fsp3) is 0.207. The molecule has 3 aromatic carbocycles. The van der Waals surface area contributed by atoms with Gasteiger partial charge in [0.1, 0.15) is 22.7 Å². The van der Waals surface area contributed by atoms with E-state index in [4.69, 9.17) is 25.8 Å². The van der Waals surface area contributed by atoms with Crippen molar-refractivity contribution in [1.29, 1.82) is 0 Å². The second kappa shape index (κ2) is 10.4. The van der Waals surface area contributed by atoms with Gasteiger partial charge in [0.2, 0.25) is 11.8 Å². The maximum absolute atomic E-state index is 13.2. The van der Waals surface area contributed by atoms with E-state index in [9.17, 15) is 14.0 Å². The van der Waals surface area contributed by atoms with Gasteiger partial charge in [0.25, 0.3) is 0 Å². The number of rotatable bonds is 8. The second-order valence-electron chi connectivity index (χ2n) is 9.23. The number of fused-ring (bicyclic) bond motifs is 1. The van der Waals surface area contributed by atoms with Gasteiger partial charge in [0.05, 0.1) is 30.4 Å². The third kappa shape index (κ3) is 5.18. The highest BCUT2D eigenvalue weighted by Crippen LogP contribution is 2.48. The minimum atomic E-state index is -1.21. The molecule has 39 heavy (non-hydrogen) atoms. The number of hydrogen-bond donors (Lipinski definition) is 2. The average molecular weight is 550 g/mol. The molecule has 0 bridgehead atoms. The normalized spacial score (nSPS) is 13.5. The van der Waals surface area contributed by atoms with Gasteiger partial charge in [-0.1, -0.05) is 11.6 Å². The van der Waals surface area contributed by atoms with E-state index in [-0.39, 0.29) is 5.02 Å². The molecule has 200 valence electrons. The first kappa shape index (κ1) is 26.2. The highest BCUT2D eigenvalue weighted by Gasteiger charge is 2.56. The lowest BCUT2D eigenvalue weighted by molar-refractivity contribution is -0.131. The summed E-state index contributed by atoms with van der Waals surface area (Å²) in [6.45, 7) is 1.82. The lowest BCUT2D eigenvalue weighted by atomic mass is 10.0. The number of pyridine rings is 1. The molecule has 1 aliphatic rings. The number of amides is 2. The third-order valence-corrected chi connectivity index (χ3v) is 6.97. The van der Waals surface area contributed by atoms with Gasteiger partial charge >= 0.3 is 0 Å². The van der Waals surface area contributed by atoms with E-state index in [2.05, 4.69) is 15.6 Å². The fourth-order valence-corrected chi connectivity index (χ4v) is 4.43. The van der Waals surface area contributed by atoms with Crippen molar-refractivity contribution in [2.75, 3.05) is 24.9 Å². The number of nitrogens with one attached hydrogen (secondary N) is 2. The molecule has 0 atom stereocenters. The van der Waals surface area contributed by atoms with Gasteiger partial charge in [-0.05, 0) is 67.8 Å². The number of aromatic nitrogens is 1. The first-order valence-corrected chi connectivity index (χ1v) is 12.5. The predicted molar refractivity (Wildman–Crippen MR) is 146 cm³/mol. The van der Waals surface area contributed by atoms with Crippen LogP contribution in [0.5, 0.6) is 23.0 Å². The van der Waals surface area contributed by atoms with Crippen LogP contribution in [0.15, 0.2) is 60.8 Å². The van der Waals surface area contributed by atoms with Gasteiger partial charge in [0, 0.05) is 29.4 Å². The molecule has 2 amide bonds. The van der Waals surface area contributed by atoms with Crippen LogP contribution in [0.3, 0.4) is 0 Å². The maximum atomic E-state index is 13.2. The summed E-state index contributed by atoms with van der Waals surface area (Å²) in [6.07, 6.45) is 2.42. The molecule has 1 fully saturated rings. The molecule has 8 nitrogen and oxygen atoms in total. The van der Waals surface area contributed by atoms with E-state index in [1.54, 1.807) is 50.7 Å². The fourth-order valence-electron chi connectivity index (χ4n) is 4.23. The van der Waals surface area contributed by atoms with Crippen LogP contribution in [0.25, 0.3) is 10.9 Å². The lowest BCUT2D eigenvalue weighted by Crippen LogP contribution is -2.35. The van der Waals surface area contributed by atoms with Crippen LogP contribution in [0.4, 0.5) is 15.8 Å². The third-order valence-electron chi connectivity index (χ3n) is 6.66. The molecule has 1 aliphatic carbocycles. The number of aryl methyl sites for hydroxylation is 1. The lowest BCUT2D eigenvalue weighted by Gasteiger charge is -2.18. The Balaban J connectivity index is 1.35. The summed E-state index contributed by atoms with van der Waals surface area (Å²) in [4.78, 5) is 30.4. The Morgan fingerprint density at radius 1 is 0.897 bits per heavy atom. The molecule has 1 saturated carbocycles. The topological polar surface area (TPSA) is 98.8 Å². The molecule has 0 aliphatic heterocycles.